The van der Waals surface area contributed by atoms with E-state index < -0.39 is 97.5 Å². The number of carbonyl (C=O) groups is 4. The first kappa shape index (κ1) is 79.1. The quantitative estimate of drug-likeness (QED) is 0.0222. The molecule has 17 nitrogen and oxygen atoms in total. The number of phosphoric ester groups is 2. The number of ether oxygens (including phenoxy) is 4. The predicted octanol–water partition coefficient (Wildman–Crippen LogP) is 17.0. The normalized spacial score (nSPS) is 14.3. The fraction of sp³-hybridized carbons (Fsp3) is 0.935. The Kier molecular flexibility index (Phi) is 54.6. The summed E-state index contributed by atoms with van der Waals surface area (Å²) in [5, 5.41) is 10.5. The van der Waals surface area contributed by atoms with Crippen molar-refractivity contribution in [2.24, 2.45) is 5.92 Å². The van der Waals surface area contributed by atoms with E-state index in [2.05, 4.69) is 34.6 Å². The lowest BCUT2D eigenvalue weighted by atomic mass is 10.0. The van der Waals surface area contributed by atoms with E-state index in [4.69, 9.17) is 37.0 Å². The van der Waals surface area contributed by atoms with Gasteiger partial charge in [-0.1, -0.05) is 259 Å². The monoisotopic (exact) mass is 1200 g/mol. The second-order valence-electron chi connectivity index (χ2n) is 22.9. The SMILES string of the molecule is CCCCCCCCCCCCCCCCCCCCC(=O)O[C@H](COC(=O)CCCCCCCCCCC(C)C)COP(=O)(O)OC[C@@H](O)COP(=O)(O)OC[C@@H](COC(=O)CCCCCCC)OC(=O)CCCCCCCCC. The van der Waals surface area contributed by atoms with Crippen LogP contribution in [0.3, 0.4) is 0 Å². The molecule has 0 aliphatic carbocycles. The molecular formula is C62H120O17P2. The first-order chi connectivity index (χ1) is 39.0. The second-order valence-corrected chi connectivity index (χ2v) is 25.8. The van der Waals surface area contributed by atoms with E-state index >= 15 is 0 Å². The summed E-state index contributed by atoms with van der Waals surface area (Å²) in [6.07, 6.45) is 39.6. The van der Waals surface area contributed by atoms with Crippen LogP contribution in [-0.2, 0) is 65.4 Å². The Balaban J connectivity index is 5.11. The molecule has 0 aromatic rings. The standard InChI is InChI=1S/C62H120O17P2/c1-6-9-12-15-17-18-19-20-21-22-23-24-25-26-27-33-38-43-48-62(67)79-58(52-73-60(65)46-41-36-32-29-28-31-35-39-44-55(4)5)54-77-81(70,71)75-50-56(63)49-74-80(68,69)76-53-57(51-72-59(64)45-40-34-14-11-8-3)78-61(66)47-42-37-30-16-13-10-7-2/h55-58,63H,6-54H2,1-5H3,(H,68,69)(H,70,71)/t56-,57+,58+/m0/s1. The molecule has 0 radical (unpaired) electrons. The van der Waals surface area contributed by atoms with Crippen LogP contribution < -0.4 is 0 Å². The minimum Gasteiger partial charge on any atom is -0.462 e. The topological polar surface area (TPSA) is 237 Å². The van der Waals surface area contributed by atoms with Gasteiger partial charge in [-0.2, -0.15) is 0 Å². The van der Waals surface area contributed by atoms with Gasteiger partial charge in [-0.25, -0.2) is 9.13 Å². The summed E-state index contributed by atoms with van der Waals surface area (Å²) in [5.74, 6) is -1.43. The first-order valence-corrected chi connectivity index (χ1v) is 35.6. The highest BCUT2D eigenvalue weighted by molar-refractivity contribution is 7.47. The average molecular weight is 1200 g/mol. The van der Waals surface area contributed by atoms with Gasteiger partial charge in [-0.15, -0.1) is 0 Å². The number of unbranched alkanes of at least 4 members (excludes halogenated alkanes) is 34. The lowest BCUT2D eigenvalue weighted by Gasteiger charge is -2.21. The molecule has 0 saturated heterocycles. The smallest absolute Gasteiger partial charge is 0.462 e. The van der Waals surface area contributed by atoms with Crippen molar-refractivity contribution < 1.29 is 80.2 Å². The zero-order valence-electron chi connectivity index (χ0n) is 51.9. The lowest BCUT2D eigenvalue weighted by Crippen LogP contribution is -2.30. The summed E-state index contributed by atoms with van der Waals surface area (Å²) in [6, 6.07) is 0. The van der Waals surface area contributed by atoms with Gasteiger partial charge in [0, 0.05) is 25.7 Å². The Morgan fingerprint density at radius 1 is 0.333 bits per heavy atom. The van der Waals surface area contributed by atoms with Crippen molar-refractivity contribution >= 4 is 39.5 Å². The Morgan fingerprint density at radius 2 is 0.568 bits per heavy atom. The number of aliphatic hydroxyl groups is 1. The first-order valence-electron chi connectivity index (χ1n) is 32.6. The van der Waals surface area contributed by atoms with E-state index in [0.29, 0.717) is 25.7 Å². The molecule has 0 heterocycles. The van der Waals surface area contributed by atoms with Gasteiger partial charge in [-0.05, 0) is 31.6 Å². The van der Waals surface area contributed by atoms with Crippen LogP contribution in [0.25, 0.3) is 0 Å². The highest BCUT2D eigenvalue weighted by Crippen LogP contribution is 2.45. The molecule has 81 heavy (non-hydrogen) atoms. The van der Waals surface area contributed by atoms with E-state index in [1.165, 1.54) is 116 Å². The highest BCUT2D eigenvalue weighted by Gasteiger charge is 2.30. The van der Waals surface area contributed by atoms with Crippen LogP contribution in [0.15, 0.2) is 0 Å². The summed E-state index contributed by atoms with van der Waals surface area (Å²) < 4.78 is 67.6. The van der Waals surface area contributed by atoms with Crippen LogP contribution in [0.5, 0.6) is 0 Å². The summed E-state index contributed by atoms with van der Waals surface area (Å²) in [7, 11) is -9.87. The summed E-state index contributed by atoms with van der Waals surface area (Å²) in [6.45, 7) is 7.01. The molecule has 19 heteroatoms. The van der Waals surface area contributed by atoms with Crippen molar-refractivity contribution in [3.8, 4) is 0 Å². The van der Waals surface area contributed by atoms with Crippen LogP contribution in [0.1, 0.15) is 311 Å². The fourth-order valence-electron chi connectivity index (χ4n) is 9.23. The van der Waals surface area contributed by atoms with Crippen LogP contribution >= 0.6 is 15.6 Å². The zero-order chi connectivity index (χ0) is 59.9. The highest BCUT2D eigenvalue weighted by atomic mass is 31.2. The summed E-state index contributed by atoms with van der Waals surface area (Å²) >= 11 is 0. The number of esters is 4. The molecule has 3 N–H and O–H groups in total. The molecule has 2 unspecified atom stereocenters. The van der Waals surface area contributed by atoms with Gasteiger partial charge < -0.3 is 33.8 Å². The molecule has 0 saturated carbocycles. The number of carbonyl (C=O) groups excluding carboxylic acids is 4. The van der Waals surface area contributed by atoms with Gasteiger partial charge in [0.05, 0.1) is 26.4 Å². The Labute approximate surface area is 492 Å². The van der Waals surface area contributed by atoms with E-state index in [0.717, 1.165) is 115 Å². The van der Waals surface area contributed by atoms with Crippen LogP contribution in [0, 0.1) is 5.92 Å². The van der Waals surface area contributed by atoms with Crippen LogP contribution in [0.2, 0.25) is 0 Å². The van der Waals surface area contributed by atoms with Crippen molar-refractivity contribution in [1.29, 1.82) is 0 Å². The molecule has 0 amide bonds. The molecule has 0 spiro atoms. The van der Waals surface area contributed by atoms with Gasteiger partial charge in [0.1, 0.15) is 19.3 Å². The molecule has 0 rings (SSSR count). The van der Waals surface area contributed by atoms with Crippen molar-refractivity contribution in [3.05, 3.63) is 0 Å². The molecule has 0 fully saturated rings. The molecule has 0 aliphatic heterocycles. The molecule has 5 atom stereocenters. The van der Waals surface area contributed by atoms with Gasteiger partial charge in [0.15, 0.2) is 12.2 Å². The molecule has 0 aliphatic rings. The van der Waals surface area contributed by atoms with Gasteiger partial charge in [0.25, 0.3) is 0 Å². The molecule has 0 bridgehead atoms. The van der Waals surface area contributed by atoms with Crippen molar-refractivity contribution in [2.75, 3.05) is 39.6 Å². The molecular weight excluding hydrogens is 1080 g/mol. The van der Waals surface area contributed by atoms with E-state index in [-0.39, 0.29) is 25.7 Å². The third-order valence-electron chi connectivity index (χ3n) is 14.3. The van der Waals surface area contributed by atoms with E-state index in [1.807, 2.05) is 0 Å². The minimum absolute atomic E-state index is 0.103. The van der Waals surface area contributed by atoms with Gasteiger partial charge in [-0.3, -0.25) is 37.3 Å². The minimum atomic E-state index is -4.94. The van der Waals surface area contributed by atoms with Gasteiger partial charge in [0.2, 0.25) is 0 Å². The molecule has 480 valence electrons. The number of aliphatic hydroxyl groups excluding tert-OH is 1. The largest absolute Gasteiger partial charge is 0.472 e. The summed E-state index contributed by atoms with van der Waals surface area (Å²) in [4.78, 5) is 71.7. The lowest BCUT2D eigenvalue weighted by molar-refractivity contribution is -0.161. The molecule has 0 aromatic heterocycles. The second kappa shape index (κ2) is 55.9. The Bertz CT molecular complexity index is 1580. The number of hydrogen-bond donors (Lipinski definition) is 3. The number of hydrogen-bond acceptors (Lipinski definition) is 15. The summed E-state index contributed by atoms with van der Waals surface area (Å²) in [5.41, 5.74) is 0. The van der Waals surface area contributed by atoms with Crippen LogP contribution in [0.4, 0.5) is 0 Å². The third kappa shape index (κ3) is 56.9. The molecule has 0 aromatic carbocycles. The van der Waals surface area contributed by atoms with Crippen molar-refractivity contribution in [3.63, 3.8) is 0 Å². The predicted molar refractivity (Wildman–Crippen MR) is 322 cm³/mol. The van der Waals surface area contributed by atoms with Crippen LogP contribution in [-0.4, -0.2) is 96.7 Å². The van der Waals surface area contributed by atoms with Crippen molar-refractivity contribution in [2.45, 2.75) is 329 Å². The van der Waals surface area contributed by atoms with Crippen molar-refractivity contribution in [1.82, 2.24) is 0 Å². The third-order valence-corrected chi connectivity index (χ3v) is 16.2. The zero-order valence-corrected chi connectivity index (χ0v) is 53.7. The average Bonchev–Trinajstić information content (AvgIpc) is 3.44. The maximum Gasteiger partial charge on any atom is 0.472 e. The Hall–Kier alpha value is -1.94. The number of rotatable bonds is 62. The van der Waals surface area contributed by atoms with E-state index in [9.17, 15) is 43.2 Å². The maximum atomic E-state index is 13.0. The van der Waals surface area contributed by atoms with Gasteiger partial charge >= 0.3 is 39.5 Å². The Morgan fingerprint density at radius 3 is 0.840 bits per heavy atom. The van der Waals surface area contributed by atoms with E-state index in [1.54, 1.807) is 0 Å². The maximum absolute atomic E-state index is 13.0. The number of phosphoric acid groups is 2. The fourth-order valence-corrected chi connectivity index (χ4v) is 10.8.